The summed E-state index contributed by atoms with van der Waals surface area (Å²) in [6, 6.07) is 9.22. The Morgan fingerprint density at radius 1 is 1.19 bits per heavy atom. The maximum absolute atomic E-state index is 6.14. The molecule has 1 aromatic carbocycles. The van der Waals surface area contributed by atoms with E-state index in [-0.39, 0.29) is 0 Å². The summed E-state index contributed by atoms with van der Waals surface area (Å²) in [5, 5.41) is 10.00. The van der Waals surface area contributed by atoms with Gasteiger partial charge < -0.3 is 15.4 Å². The highest BCUT2D eigenvalue weighted by molar-refractivity contribution is 7.80. The maximum Gasteiger partial charge on any atom is 0.229 e. The normalized spacial score (nSPS) is 11.2. The molecule has 0 aliphatic heterocycles. The van der Waals surface area contributed by atoms with Crippen molar-refractivity contribution in [2.24, 2.45) is 4.99 Å². The number of hydrogen-bond acceptors (Lipinski definition) is 5. The van der Waals surface area contributed by atoms with Gasteiger partial charge in [0.2, 0.25) is 11.9 Å². The van der Waals surface area contributed by atoms with Crippen molar-refractivity contribution in [3.8, 4) is 0 Å². The molecule has 0 fully saturated rings. The second-order valence-electron chi connectivity index (χ2n) is 5.38. The number of halogens is 1. The number of ether oxygens (including phenoxy) is 1. The number of methoxy groups -OCH3 is 1. The number of nitrogens with one attached hydrogen (secondary N) is 3. The first-order chi connectivity index (χ1) is 12.5. The molecule has 0 saturated carbocycles. The summed E-state index contributed by atoms with van der Waals surface area (Å²) in [5.74, 6) is 0.850. The zero-order valence-corrected chi connectivity index (χ0v) is 16.4. The number of para-hydroxylation sites is 1. The van der Waals surface area contributed by atoms with Gasteiger partial charge in [0.15, 0.2) is 5.11 Å². The molecule has 3 N–H and O–H groups in total. The Labute approximate surface area is 163 Å². The summed E-state index contributed by atoms with van der Waals surface area (Å²) < 4.78 is 5.04. The highest BCUT2D eigenvalue weighted by Crippen LogP contribution is 2.20. The number of aromatic nitrogens is 2. The monoisotopic (exact) mass is 392 g/mol. The fraction of sp³-hybridized carbons (Fsp3) is 0.294. The number of aryl methyl sites for hydroxylation is 2. The minimum absolute atomic E-state index is 0.339. The number of aliphatic imine (C=N–C) groups is 1. The lowest BCUT2D eigenvalue weighted by molar-refractivity contribution is 0.208. The zero-order chi connectivity index (χ0) is 18.9. The third-order valence-electron chi connectivity index (χ3n) is 3.13. The van der Waals surface area contributed by atoms with Gasteiger partial charge in [-0.2, -0.15) is 0 Å². The molecule has 0 atom stereocenters. The largest absolute Gasteiger partial charge is 0.383 e. The van der Waals surface area contributed by atoms with Crippen molar-refractivity contribution in [2.45, 2.75) is 13.8 Å². The van der Waals surface area contributed by atoms with E-state index in [0.29, 0.717) is 40.9 Å². The van der Waals surface area contributed by atoms with Crippen LogP contribution in [0.2, 0.25) is 5.02 Å². The Morgan fingerprint density at radius 2 is 1.88 bits per heavy atom. The smallest absolute Gasteiger partial charge is 0.229 e. The fourth-order valence-corrected chi connectivity index (χ4v) is 2.46. The average Bonchev–Trinajstić information content (AvgIpc) is 2.56. The van der Waals surface area contributed by atoms with Gasteiger partial charge in [-0.25, -0.2) is 9.97 Å². The molecule has 26 heavy (non-hydrogen) atoms. The van der Waals surface area contributed by atoms with Crippen LogP contribution < -0.4 is 16.0 Å². The van der Waals surface area contributed by atoms with Gasteiger partial charge in [0.25, 0.3) is 0 Å². The van der Waals surface area contributed by atoms with Crippen molar-refractivity contribution >= 4 is 46.5 Å². The summed E-state index contributed by atoms with van der Waals surface area (Å²) in [6.45, 7) is 4.73. The van der Waals surface area contributed by atoms with Crippen LogP contribution in [0.1, 0.15) is 11.4 Å². The van der Waals surface area contributed by atoms with E-state index in [1.54, 1.807) is 13.2 Å². The summed E-state index contributed by atoms with van der Waals surface area (Å²) >= 11 is 11.5. The highest BCUT2D eigenvalue weighted by atomic mass is 35.5. The van der Waals surface area contributed by atoms with Gasteiger partial charge in [-0.3, -0.25) is 10.3 Å². The molecule has 9 heteroatoms. The molecular formula is C17H21ClN6OS. The molecule has 0 unspecified atom stereocenters. The molecule has 0 bridgehead atoms. The quantitative estimate of drug-likeness (QED) is 0.312. The molecule has 0 amide bonds. The molecule has 0 aliphatic carbocycles. The SMILES string of the molecule is COCCN=C(NC(=S)Nc1ccccc1Cl)Nc1nc(C)cc(C)n1. The van der Waals surface area contributed by atoms with Gasteiger partial charge in [-0.05, 0) is 44.3 Å². The van der Waals surface area contributed by atoms with Crippen LogP contribution in [0, 0.1) is 13.8 Å². The number of guanidine groups is 1. The second-order valence-corrected chi connectivity index (χ2v) is 6.20. The number of anilines is 2. The summed E-state index contributed by atoms with van der Waals surface area (Å²) in [4.78, 5) is 13.1. The van der Waals surface area contributed by atoms with Gasteiger partial charge >= 0.3 is 0 Å². The average molecular weight is 393 g/mol. The molecule has 0 aliphatic rings. The third kappa shape index (κ3) is 6.55. The molecule has 2 aromatic rings. The minimum Gasteiger partial charge on any atom is -0.383 e. The van der Waals surface area contributed by atoms with E-state index in [2.05, 4.69) is 30.9 Å². The van der Waals surface area contributed by atoms with Crippen molar-refractivity contribution in [1.82, 2.24) is 15.3 Å². The van der Waals surface area contributed by atoms with Crippen molar-refractivity contribution in [1.29, 1.82) is 0 Å². The van der Waals surface area contributed by atoms with Gasteiger partial charge in [0.1, 0.15) is 0 Å². The van der Waals surface area contributed by atoms with Crippen LogP contribution in [-0.4, -0.2) is 41.3 Å². The third-order valence-corrected chi connectivity index (χ3v) is 3.67. The molecule has 7 nitrogen and oxygen atoms in total. The van der Waals surface area contributed by atoms with Gasteiger partial charge in [-0.1, -0.05) is 23.7 Å². The topological polar surface area (TPSA) is 83.5 Å². The van der Waals surface area contributed by atoms with E-state index < -0.39 is 0 Å². The summed E-state index contributed by atoms with van der Waals surface area (Å²) in [7, 11) is 1.62. The number of thiocarbonyl (C=S) groups is 1. The standard InChI is InChI=1S/C17H21ClN6OS/c1-11-10-12(2)21-16(20-11)23-15(19-8-9-25-3)24-17(26)22-14-7-5-4-6-13(14)18/h4-7,10H,8-9H2,1-3H3,(H3,19,20,21,22,23,24,26). The molecule has 1 heterocycles. The molecule has 0 saturated heterocycles. The predicted octanol–water partition coefficient (Wildman–Crippen LogP) is 3.15. The lowest BCUT2D eigenvalue weighted by Gasteiger charge is -2.15. The van der Waals surface area contributed by atoms with Crippen LogP contribution >= 0.6 is 23.8 Å². The Kier molecular flexibility index (Phi) is 7.71. The van der Waals surface area contributed by atoms with E-state index in [1.807, 2.05) is 38.1 Å². The summed E-state index contributed by atoms with van der Waals surface area (Å²) in [5.41, 5.74) is 2.41. The highest BCUT2D eigenvalue weighted by Gasteiger charge is 2.08. The van der Waals surface area contributed by atoms with Crippen LogP contribution in [0.25, 0.3) is 0 Å². The Balaban J connectivity index is 2.10. The number of rotatable bonds is 5. The van der Waals surface area contributed by atoms with E-state index in [0.717, 1.165) is 11.4 Å². The van der Waals surface area contributed by atoms with Crippen molar-refractivity contribution in [3.63, 3.8) is 0 Å². The second kappa shape index (κ2) is 10.0. The van der Waals surface area contributed by atoms with Crippen molar-refractivity contribution in [2.75, 3.05) is 30.9 Å². The Morgan fingerprint density at radius 3 is 2.54 bits per heavy atom. The van der Waals surface area contributed by atoms with E-state index >= 15 is 0 Å². The summed E-state index contributed by atoms with van der Waals surface area (Å²) in [6.07, 6.45) is 0. The maximum atomic E-state index is 6.14. The number of benzene rings is 1. The molecular weight excluding hydrogens is 372 g/mol. The molecule has 138 valence electrons. The molecule has 1 aromatic heterocycles. The number of hydrogen-bond donors (Lipinski definition) is 3. The first-order valence-electron chi connectivity index (χ1n) is 7.93. The van der Waals surface area contributed by atoms with Gasteiger partial charge in [0, 0.05) is 18.5 Å². The van der Waals surface area contributed by atoms with Crippen LogP contribution in [0.5, 0.6) is 0 Å². The van der Waals surface area contributed by atoms with Crippen LogP contribution in [-0.2, 0) is 4.74 Å². The Bertz CT molecular complexity index is 778. The lowest BCUT2D eigenvalue weighted by atomic mass is 10.3. The fourth-order valence-electron chi connectivity index (χ4n) is 2.07. The van der Waals surface area contributed by atoms with Crippen LogP contribution in [0.4, 0.5) is 11.6 Å². The van der Waals surface area contributed by atoms with Crippen LogP contribution in [0.3, 0.4) is 0 Å². The molecule has 0 spiro atoms. The van der Waals surface area contributed by atoms with Crippen LogP contribution in [0.15, 0.2) is 35.3 Å². The predicted molar refractivity (Wildman–Crippen MR) is 110 cm³/mol. The lowest BCUT2D eigenvalue weighted by Crippen LogP contribution is -2.39. The van der Waals surface area contributed by atoms with Gasteiger partial charge in [-0.15, -0.1) is 0 Å². The molecule has 2 rings (SSSR count). The molecule has 0 radical (unpaired) electrons. The van der Waals surface area contributed by atoms with E-state index in [9.17, 15) is 0 Å². The van der Waals surface area contributed by atoms with Gasteiger partial charge in [0.05, 0.1) is 23.9 Å². The van der Waals surface area contributed by atoms with Crippen molar-refractivity contribution in [3.05, 3.63) is 46.7 Å². The first kappa shape index (κ1) is 20.0. The van der Waals surface area contributed by atoms with Crippen molar-refractivity contribution < 1.29 is 4.74 Å². The van der Waals surface area contributed by atoms with E-state index in [1.165, 1.54) is 0 Å². The first-order valence-corrected chi connectivity index (χ1v) is 8.72. The van der Waals surface area contributed by atoms with E-state index in [4.69, 9.17) is 28.6 Å². The zero-order valence-electron chi connectivity index (χ0n) is 14.8. The minimum atomic E-state index is 0.339. The Hall–Kier alpha value is -2.29. The number of nitrogens with zero attached hydrogens (tertiary/aromatic N) is 3.